The summed E-state index contributed by atoms with van der Waals surface area (Å²) < 4.78 is 5.50. The Morgan fingerprint density at radius 1 is 1.15 bits per heavy atom. The fraction of sp³-hybridized carbons (Fsp3) is 0.588. The molecule has 3 nitrogen and oxygen atoms in total. The summed E-state index contributed by atoms with van der Waals surface area (Å²) >= 11 is 0. The van der Waals surface area contributed by atoms with Crippen LogP contribution in [0.3, 0.4) is 0 Å². The van der Waals surface area contributed by atoms with Gasteiger partial charge in [-0.2, -0.15) is 0 Å². The number of rotatable bonds is 7. The van der Waals surface area contributed by atoms with E-state index in [1.807, 2.05) is 19.1 Å². The third-order valence-electron chi connectivity index (χ3n) is 3.82. The van der Waals surface area contributed by atoms with Gasteiger partial charge in [-0.1, -0.05) is 39.8 Å². The maximum Gasteiger partial charge on any atom is 0.258 e. The van der Waals surface area contributed by atoms with Crippen LogP contribution in [0.25, 0.3) is 0 Å². The summed E-state index contributed by atoms with van der Waals surface area (Å²) in [6, 6.07) is 8.16. The van der Waals surface area contributed by atoms with Gasteiger partial charge in [0.15, 0.2) is 6.61 Å². The third kappa shape index (κ3) is 5.24. The molecule has 112 valence electrons. The second-order valence-electron chi connectivity index (χ2n) is 5.77. The highest BCUT2D eigenvalue weighted by atomic mass is 16.5. The lowest BCUT2D eigenvalue weighted by Crippen LogP contribution is -2.38. The first-order chi connectivity index (χ1) is 9.43. The summed E-state index contributed by atoms with van der Waals surface area (Å²) in [5.74, 6) is 1.65. The van der Waals surface area contributed by atoms with Crippen molar-refractivity contribution in [1.82, 2.24) is 5.32 Å². The molecule has 2 unspecified atom stereocenters. The van der Waals surface area contributed by atoms with Gasteiger partial charge in [-0.3, -0.25) is 4.79 Å². The van der Waals surface area contributed by atoms with Crippen molar-refractivity contribution >= 4 is 5.91 Å². The molecule has 0 heterocycles. The molecule has 0 aromatic heterocycles. The van der Waals surface area contributed by atoms with Crippen LogP contribution in [-0.2, 0) is 4.79 Å². The minimum absolute atomic E-state index is 0.0692. The van der Waals surface area contributed by atoms with Gasteiger partial charge in [0.25, 0.3) is 5.91 Å². The van der Waals surface area contributed by atoms with Gasteiger partial charge < -0.3 is 10.1 Å². The zero-order valence-electron chi connectivity index (χ0n) is 13.3. The highest BCUT2D eigenvalue weighted by molar-refractivity contribution is 5.77. The van der Waals surface area contributed by atoms with Gasteiger partial charge in [0.2, 0.25) is 0 Å². The molecule has 0 saturated carbocycles. The van der Waals surface area contributed by atoms with Crippen LogP contribution in [0.5, 0.6) is 5.75 Å². The van der Waals surface area contributed by atoms with Gasteiger partial charge in [0.05, 0.1) is 0 Å². The minimum Gasteiger partial charge on any atom is -0.484 e. The first-order valence-electron chi connectivity index (χ1n) is 7.46. The average Bonchev–Trinajstić information content (AvgIpc) is 2.44. The van der Waals surface area contributed by atoms with Crippen molar-refractivity contribution in [2.45, 2.75) is 53.0 Å². The van der Waals surface area contributed by atoms with Gasteiger partial charge in [0.1, 0.15) is 5.75 Å². The maximum absolute atomic E-state index is 11.7. The van der Waals surface area contributed by atoms with Crippen LogP contribution in [0.15, 0.2) is 24.3 Å². The monoisotopic (exact) mass is 277 g/mol. The Morgan fingerprint density at radius 3 is 2.25 bits per heavy atom. The van der Waals surface area contributed by atoms with Gasteiger partial charge in [-0.25, -0.2) is 0 Å². The summed E-state index contributed by atoms with van der Waals surface area (Å²) in [7, 11) is 0. The summed E-state index contributed by atoms with van der Waals surface area (Å²) in [5.41, 5.74) is 1.30. The largest absolute Gasteiger partial charge is 0.484 e. The van der Waals surface area contributed by atoms with Crippen molar-refractivity contribution in [3.8, 4) is 5.75 Å². The summed E-state index contributed by atoms with van der Waals surface area (Å²) in [5, 5.41) is 2.92. The molecule has 1 amide bonds. The lowest BCUT2D eigenvalue weighted by Gasteiger charge is -2.17. The Kier molecular flexibility index (Phi) is 6.56. The number of carbonyl (C=O) groups excluding carboxylic acids is 1. The van der Waals surface area contributed by atoms with Gasteiger partial charge in [0, 0.05) is 6.04 Å². The van der Waals surface area contributed by atoms with Crippen molar-refractivity contribution in [3.05, 3.63) is 29.8 Å². The second-order valence-corrected chi connectivity index (χ2v) is 5.77. The highest BCUT2D eigenvalue weighted by Crippen LogP contribution is 2.21. The minimum atomic E-state index is -0.0720. The highest BCUT2D eigenvalue weighted by Gasteiger charge is 2.11. The molecule has 0 fully saturated rings. The van der Waals surface area contributed by atoms with E-state index in [2.05, 4.69) is 45.1 Å². The van der Waals surface area contributed by atoms with Crippen molar-refractivity contribution in [1.29, 1.82) is 0 Å². The first-order valence-corrected chi connectivity index (χ1v) is 7.46. The maximum atomic E-state index is 11.7. The lowest BCUT2D eigenvalue weighted by atomic mass is 9.99. The molecule has 0 aliphatic rings. The molecule has 0 aliphatic heterocycles. The quantitative estimate of drug-likeness (QED) is 0.824. The normalized spacial score (nSPS) is 13.9. The number of benzene rings is 1. The summed E-state index contributed by atoms with van der Waals surface area (Å²) in [6.45, 7) is 10.6. The first kappa shape index (κ1) is 16.5. The molecule has 2 atom stereocenters. The molecule has 1 N–H and O–H groups in total. The summed E-state index contributed by atoms with van der Waals surface area (Å²) in [6.07, 6.45) is 1.12. The van der Waals surface area contributed by atoms with Crippen LogP contribution in [0.4, 0.5) is 0 Å². The Bertz CT molecular complexity index is 412. The molecule has 1 aromatic carbocycles. The predicted octanol–water partition coefficient (Wildman–Crippen LogP) is 3.74. The predicted molar refractivity (Wildman–Crippen MR) is 83.1 cm³/mol. The SMILES string of the molecule is CCC(C)c1ccc(OCC(=O)NC(C)C(C)C)cc1. The van der Waals surface area contributed by atoms with E-state index < -0.39 is 0 Å². The Balaban J connectivity index is 2.44. The van der Waals surface area contributed by atoms with E-state index in [0.717, 1.165) is 12.2 Å². The van der Waals surface area contributed by atoms with Gasteiger partial charge in [-0.05, 0) is 42.9 Å². The number of nitrogens with one attached hydrogen (secondary N) is 1. The Morgan fingerprint density at radius 2 is 1.75 bits per heavy atom. The molecule has 1 aromatic rings. The molecule has 0 aliphatic carbocycles. The van der Waals surface area contributed by atoms with Crippen molar-refractivity contribution < 1.29 is 9.53 Å². The van der Waals surface area contributed by atoms with E-state index in [9.17, 15) is 4.79 Å². The van der Waals surface area contributed by atoms with Crippen molar-refractivity contribution in [2.24, 2.45) is 5.92 Å². The van der Waals surface area contributed by atoms with Crippen LogP contribution in [0, 0.1) is 5.92 Å². The zero-order valence-corrected chi connectivity index (χ0v) is 13.3. The number of hydrogen-bond donors (Lipinski definition) is 1. The molecule has 0 saturated heterocycles. The fourth-order valence-electron chi connectivity index (χ4n) is 1.74. The van der Waals surface area contributed by atoms with E-state index in [4.69, 9.17) is 4.74 Å². The van der Waals surface area contributed by atoms with Gasteiger partial charge in [-0.15, -0.1) is 0 Å². The fourth-order valence-corrected chi connectivity index (χ4v) is 1.74. The molecule has 3 heteroatoms. The molecule has 0 bridgehead atoms. The smallest absolute Gasteiger partial charge is 0.258 e. The number of hydrogen-bond acceptors (Lipinski definition) is 2. The second kappa shape index (κ2) is 7.93. The molecular weight excluding hydrogens is 250 g/mol. The number of ether oxygens (including phenoxy) is 1. The topological polar surface area (TPSA) is 38.3 Å². The summed E-state index contributed by atoms with van der Waals surface area (Å²) in [4.78, 5) is 11.7. The molecule has 1 rings (SSSR count). The van der Waals surface area contributed by atoms with Crippen LogP contribution in [0.1, 0.15) is 52.5 Å². The zero-order chi connectivity index (χ0) is 15.1. The van der Waals surface area contributed by atoms with Gasteiger partial charge >= 0.3 is 0 Å². The molecular formula is C17H27NO2. The van der Waals surface area contributed by atoms with Crippen LogP contribution in [-0.4, -0.2) is 18.6 Å². The molecule has 20 heavy (non-hydrogen) atoms. The third-order valence-corrected chi connectivity index (χ3v) is 3.82. The standard InChI is InChI=1S/C17H27NO2/c1-6-13(4)15-7-9-16(10-8-15)20-11-17(19)18-14(5)12(2)3/h7-10,12-14H,6,11H2,1-5H3,(H,18,19). The van der Waals surface area contributed by atoms with E-state index in [0.29, 0.717) is 11.8 Å². The number of carbonyl (C=O) groups is 1. The van der Waals surface area contributed by atoms with Crippen LogP contribution < -0.4 is 10.1 Å². The molecule has 0 spiro atoms. The average molecular weight is 277 g/mol. The Hall–Kier alpha value is -1.51. The molecule has 0 radical (unpaired) electrons. The Labute approximate surface area is 122 Å². The lowest BCUT2D eigenvalue weighted by molar-refractivity contribution is -0.124. The van der Waals surface area contributed by atoms with E-state index in [1.54, 1.807) is 0 Å². The van der Waals surface area contributed by atoms with E-state index in [1.165, 1.54) is 5.56 Å². The van der Waals surface area contributed by atoms with Crippen LogP contribution >= 0.6 is 0 Å². The van der Waals surface area contributed by atoms with Crippen molar-refractivity contribution in [3.63, 3.8) is 0 Å². The van der Waals surface area contributed by atoms with Crippen LogP contribution in [0.2, 0.25) is 0 Å². The number of amides is 1. The van der Waals surface area contributed by atoms with E-state index in [-0.39, 0.29) is 18.6 Å². The van der Waals surface area contributed by atoms with Crippen molar-refractivity contribution in [2.75, 3.05) is 6.61 Å². The van der Waals surface area contributed by atoms with E-state index >= 15 is 0 Å².